The van der Waals surface area contributed by atoms with Crippen molar-refractivity contribution in [2.45, 2.75) is 38.3 Å². The number of anilines is 1. The summed E-state index contributed by atoms with van der Waals surface area (Å²) in [6, 6.07) is 3.14. The summed E-state index contributed by atoms with van der Waals surface area (Å²) in [5, 5.41) is 1.80. The van der Waals surface area contributed by atoms with E-state index in [1.54, 1.807) is 0 Å². The Kier molecular flexibility index (Phi) is 5.98. The number of Topliss-reactive ketones (excluding diaryl/α,β-unsaturated/α-hetero) is 1. The molecule has 2 aliphatic rings. The lowest BCUT2D eigenvalue weighted by Gasteiger charge is -2.36. The smallest absolute Gasteiger partial charge is 0.418 e. The van der Waals surface area contributed by atoms with Crippen molar-refractivity contribution in [3.63, 3.8) is 0 Å². The molecular weight excluding hydrogens is 399 g/mol. The van der Waals surface area contributed by atoms with Crippen LogP contribution in [0.4, 0.5) is 18.9 Å². The zero-order valence-electron chi connectivity index (χ0n) is 14.9. The minimum absolute atomic E-state index is 0.142. The van der Waals surface area contributed by atoms with Crippen molar-refractivity contribution in [2.24, 2.45) is 17.8 Å². The summed E-state index contributed by atoms with van der Waals surface area (Å²) in [6.45, 7) is -0.721. The monoisotopic (exact) mass is 417 g/mol. The Bertz CT molecular complexity index is 780. The second kappa shape index (κ2) is 8.11. The van der Waals surface area contributed by atoms with Gasteiger partial charge in [0.15, 0.2) is 6.61 Å². The van der Waals surface area contributed by atoms with Crippen molar-refractivity contribution in [1.82, 2.24) is 0 Å². The molecule has 2 aliphatic carbocycles. The van der Waals surface area contributed by atoms with E-state index < -0.39 is 41.8 Å². The Labute approximate surface area is 164 Å². The third-order valence-corrected chi connectivity index (χ3v) is 5.63. The van der Waals surface area contributed by atoms with Gasteiger partial charge in [-0.05, 0) is 37.8 Å². The Morgan fingerprint density at radius 3 is 2.43 bits per heavy atom. The highest BCUT2D eigenvalue weighted by Gasteiger charge is 2.42. The average Bonchev–Trinajstić information content (AvgIpc) is 2.60. The molecule has 5 nitrogen and oxygen atoms in total. The fourth-order valence-electron chi connectivity index (χ4n) is 3.99. The molecule has 1 amide bonds. The van der Waals surface area contributed by atoms with Crippen LogP contribution in [0.5, 0.6) is 0 Å². The van der Waals surface area contributed by atoms with Gasteiger partial charge in [0.05, 0.1) is 22.2 Å². The van der Waals surface area contributed by atoms with Gasteiger partial charge in [-0.2, -0.15) is 13.2 Å². The van der Waals surface area contributed by atoms with E-state index >= 15 is 0 Å². The van der Waals surface area contributed by atoms with Crippen molar-refractivity contribution in [3.8, 4) is 0 Å². The van der Waals surface area contributed by atoms with E-state index in [2.05, 4.69) is 5.32 Å². The molecule has 0 aliphatic heterocycles. The zero-order valence-corrected chi connectivity index (χ0v) is 15.6. The normalized spacial score (nSPS) is 24.6. The van der Waals surface area contributed by atoms with Crippen molar-refractivity contribution in [2.75, 3.05) is 11.9 Å². The molecule has 0 heterocycles. The van der Waals surface area contributed by atoms with E-state index in [4.69, 9.17) is 16.3 Å². The van der Waals surface area contributed by atoms with Gasteiger partial charge in [0.2, 0.25) is 0 Å². The first-order valence-corrected chi connectivity index (χ1v) is 9.40. The van der Waals surface area contributed by atoms with Gasteiger partial charge >= 0.3 is 12.1 Å². The number of amides is 1. The summed E-state index contributed by atoms with van der Waals surface area (Å²) in [5.41, 5.74) is -1.66. The number of rotatable bonds is 4. The van der Waals surface area contributed by atoms with E-state index in [-0.39, 0.29) is 22.6 Å². The molecular formula is C19H19ClF3NO4. The lowest BCUT2D eigenvalue weighted by atomic mass is 9.67. The Balaban J connectivity index is 1.58. The largest absolute Gasteiger partial charge is 0.455 e. The molecule has 0 unspecified atom stereocenters. The van der Waals surface area contributed by atoms with Crippen LogP contribution in [0.3, 0.4) is 0 Å². The van der Waals surface area contributed by atoms with Crippen LogP contribution in [-0.4, -0.2) is 24.3 Å². The van der Waals surface area contributed by atoms with E-state index in [0.29, 0.717) is 12.8 Å². The number of fused-ring (bicyclic) bond motifs is 2. The molecule has 2 fully saturated rings. The van der Waals surface area contributed by atoms with Crippen molar-refractivity contribution in [1.29, 1.82) is 0 Å². The predicted molar refractivity (Wildman–Crippen MR) is 94.6 cm³/mol. The summed E-state index contributed by atoms with van der Waals surface area (Å²) in [5.74, 6) is -2.07. The molecule has 28 heavy (non-hydrogen) atoms. The highest BCUT2D eigenvalue weighted by Crippen LogP contribution is 2.41. The summed E-state index contributed by atoms with van der Waals surface area (Å²) >= 11 is 5.78. The molecule has 1 aromatic rings. The highest BCUT2D eigenvalue weighted by atomic mass is 35.5. The number of hydrogen-bond acceptors (Lipinski definition) is 4. The van der Waals surface area contributed by atoms with Gasteiger partial charge in [-0.15, -0.1) is 0 Å². The van der Waals surface area contributed by atoms with E-state index in [1.165, 1.54) is 6.07 Å². The number of ether oxygens (including phenoxy) is 1. The quantitative estimate of drug-likeness (QED) is 0.744. The SMILES string of the molecule is O=C(COC(=O)C1C[C@@H]2CCC[C@@H](C1)C2=O)Nc1c(Cl)cccc1C(F)(F)F. The Hall–Kier alpha value is -2.09. The van der Waals surface area contributed by atoms with Crippen LogP contribution in [0, 0.1) is 17.8 Å². The van der Waals surface area contributed by atoms with Gasteiger partial charge in [-0.1, -0.05) is 24.1 Å². The van der Waals surface area contributed by atoms with Gasteiger partial charge in [0.1, 0.15) is 5.78 Å². The Morgan fingerprint density at radius 1 is 1.18 bits per heavy atom. The van der Waals surface area contributed by atoms with Crippen molar-refractivity contribution < 1.29 is 32.3 Å². The molecule has 0 spiro atoms. The fourth-order valence-corrected chi connectivity index (χ4v) is 4.21. The standard InChI is InChI=1S/C19H19ClF3NO4/c20-14-6-2-5-13(19(21,22)23)16(14)24-15(25)9-28-18(27)12-7-10-3-1-4-11(8-12)17(10)26/h2,5-6,10-12H,1,3-4,7-9H2,(H,24,25)/t10-,11-/m0/s1. The molecule has 3 rings (SSSR count). The first-order valence-electron chi connectivity index (χ1n) is 9.02. The fraction of sp³-hybridized carbons (Fsp3) is 0.526. The second-order valence-electron chi connectivity index (χ2n) is 7.21. The van der Waals surface area contributed by atoms with Crippen LogP contribution in [0.15, 0.2) is 18.2 Å². The number of benzene rings is 1. The number of nitrogens with one attached hydrogen (secondary N) is 1. The van der Waals surface area contributed by atoms with Crippen LogP contribution < -0.4 is 5.32 Å². The van der Waals surface area contributed by atoms with Gasteiger partial charge in [0.25, 0.3) is 5.91 Å². The number of esters is 1. The zero-order chi connectivity index (χ0) is 20.5. The van der Waals surface area contributed by atoms with Crippen LogP contribution in [0.1, 0.15) is 37.7 Å². The number of para-hydroxylation sites is 1. The molecule has 1 aromatic carbocycles. The predicted octanol–water partition coefficient (Wildman–Crippen LogP) is 4.24. The number of ketones is 1. The molecule has 0 radical (unpaired) electrons. The molecule has 1 N–H and O–H groups in total. The van der Waals surface area contributed by atoms with E-state index in [0.717, 1.165) is 31.4 Å². The van der Waals surface area contributed by atoms with Crippen molar-refractivity contribution in [3.05, 3.63) is 28.8 Å². The highest BCUT2D eigenvalue weighted by molar-refractivity contribution is 6.34. The van der Waals surface area contributed by atoms with E-state index in [1.807, 2.05) is 0 Å². The van der Waals surface area contributed by atoms with Gasteiger partial charge < -0.3 is 10.1 Å². The number of alkyl halides is 3. The number of carbonyl (C=O) groups is 3. The minimum Gasteiger partial charge on any atom is -0.455 e. The van der Waals surface area contributed by atoms with Crippen LogP contribution in [-0.2, 0) is 25.3 Å². The maximum atomic E-state index is 13.1. The number of halogens is 4. The first-order chi connectivity index (χ1) is 13.2. The summed E-state index contributed by atoms with van der Waals surface area (Å²) in [4.78, 5) is 36.3. The molecule has 2 saturated carbocycles. The van der Waals surface area contributed by atoms with Gasteiger partial charge in [-0.25, -0.2) is 0 Å². The lowest BCUT2D eigenvalue weighted by Crippen LogP contribution is -2.40. The first kappa shape index (κ1) is 20.6. The third kappa shape index (κ3) is 4.48. The van der Waals surface area contributed by atoms with E-state index in [9.17, 15) is 27.6 Å². The Morgan fingerprint density at radius 2 is 1.82 bits per heavy atom. The van der Waals surface area contributed by atoms with Crippen LogP contribution in [0.25, 0.3) is 0 Å². The third-order valence-electron chi connectivity index (χ3n) is 5.31. The van der Waals surface area contributed by atoms with Crippen LogP contribution >= 0.6 is 11.6 Å². The molecule has 152 valence electrons. The summed E-state index contributed by atoms with van der Waals surface area (Å²) in [6.07, 6.45) is -1.42. The maximum absolute atomic E-state index is 13.1. The summed E-state index contributed by atoms with van der Waals surface area (Å²) in [7, 11) is 0. The van der Waals surface area contributed by atoms with Crippen LogP contribution in [0.2, 0.25) is 5.02 Å². The minimum atomic E-state index is -4.70. The van der Waals surface area contributed by atoms with Gasteiger partial charge in [0, 0.05) is 11.8 Å². The molecule has 0 saturated heterocycles. The molecule has 0 aromatic heterocycles. The topological polar surface area (TPSA) is 72.5 Å². The average molecular weight is 418 g/mol. The second-order valence-corrected chi connectivity index (χ2v) is 7.62. The lowest BCUT2D eigenvalue weighted by molar-refractivity contribution is -0.156. The molecule has 9 heteroatoms. The summed E-state index contributed by atoms with van der Waals surface area (Å²) < 4.78 is 44.2. The molecule has 2 bridgehead atoms. The van der Waals surface area contributed by atoms with Gasteiger partial charge in [-0.3, -0.25) is 14.4 Å². The van der Waals surface area contributed by atoms with Crippen molar-refractivity contribution >= 4 is 34.9 Å². The number of hydrogen-bond donors (Lipinski definition) is 1. The number of carbonyl (C=O) groups excluding carboxylic acids is 3. The maximum Gasteiger partial charge on any atom is 0.418 e. The molecule has 2 atom stereocenters.